The fourth-order valence-corrected chi connectivity index (χ4v) is 3.32. The summed E-state index contributed by atoms with van der Waals surface area (Å²) in [6.45, 7) is 6.27. The normalized spacial score (nSPS) is 17.0. The topological polar surface area (TPSA) is 60.8 Å². The molecule has 0 saturated heterocycles. The van der Waals surface area contributed by atoms with Gasteiger partial charge in [-0.05, 0) is 6.08 Å². The highest BCUT2D eigenvalue weighted by Crippen LogP contribution is 2.23. The van der Waals surface area contributed by atoms with Crippen LogP contribution < -0.4 is 0 Å². The zero-order chi connectivity index (χ0) is 19.1. The fraction of sp³-hybridized carbons (Fsp3) is 0.450. The van der Waals surface area contributed by atoms with Gasteiger partial charge in [0.25, 0.3) is 0 Å². The Morgan fingerprint density at radius 3 is 2.65 bits per heavy atom. The maximum atomic E-state index is 11.2. The Kier molecular flexibility index (Phi) is 7.48. The van der Waals surface area contributed by atoms with Crippen molar-refractivity contribution in [2.75, 3.05) is 14.2 Å². The van der Waals surface area contributed by atoms with Crippen molar-refractivity contribution in [2.24, 2.45) is 10.9 Å². The molecule has 0 fully saturated rings. The summed E-state index contributed by atoms with van der Waals surface area (Å²) in [5.74, 6) is 0.102. The van der Waals surface area contributed by atoms with Crippen molar-refractivity contribution in [3.05, 3.63) is 52.2 Å². The molecular formula is C20H26N2O3S. The smallest absolute Gasteiger partial charge is 0.330 e. The van der Waals surface area contributed by atoms with Crippen LogP contribution in [0.1, 0.15) is 43.8 Å². The van der Waals surface area contributed by atoms with Crippen molar-refractivity contribution in [2.45, 2.75) is 39.2 Å². The number of carbonyl (C=O) groups excluding carboxylic acids is 1. The Hall–Kier alpha value is -2.05. The first-order chi connectivity index (χ1) is 12.4. The van der Waals surface area contributed by atoms with Crippen molar-refractivity contribution in [3.63, 3.8) is 0 Å². The van der Waals surface area contributed by atoms with Crippen LogP contribution in [-0.4, -0.2) is 37.0 Å². The Morgan fingerprint density at radius 1 is 1.27 bits per heavy atom. The van der Waals surface area contributed by atoms with Crippen molar-refractivity contribution in [1.29, 1.82) is 0 Å². The summed E-state index contributed by atoms with van der Waals surface area (Å²) in [6, 6.07) is 0. The van der Waals surface area contributed by atoms with E-state index in [2.05, 4.69) is 40.0 Å². The van der Waals surface area contributed by atoms with E-state index in [0.29, 0.717) is 5.92 Å². The van der Waals surface area contributed by atoms with E-state index in [1.54, 1.807) is 24.5 Å². The molecule has 6 heteroatoms. The summed E-state index contributed by atoms with van der Waals surface area (Å²) < 4.78 is 10.1. The predicted molar refractivity (Wildman–Crippen MR) is 106 cm³/mol. The highest BCUT2D eigenvalue weighted by Gasteiger charge is 2.15. The molecular weight excluding hydrogens is 348 g/mol. The zero-order valence-corrected chi connectivity index (χ0v) is 16.7. The molecule has 0 radical (unpaired) electrons. The van der Waals surface area contributed by atoms with Crippen molar-refractivity contribution >= 4 is 23.0 Å². The molecule has 140 valence electrons. The van der Waals surface area contributed by atoms with E-state index >= 15 is 0 Å². The molecule has 0 aromatic carbocycles. The van der Waals surface area contributed by atoms with Crippen LogP contribution in [-0.2, 0) is 14.3 Å². The van der Waals surface area contributed by atoms with E-state index in [0.717, 1.165) is 28.5 Å². The average Bonchev–Trinajstić information content (AvgIpc) is 3.29. The molecule has 0 spiro atoms. The molecule has 0 bridgehead atoms. The van der Waals surface area contributed by atoms with E-state index in [1.807, 2.05) is 19.1 Å². The second-order valence-electron chi connectivity index (χ2n) is 6.42. The van der Waals surface area contributed by atoms with E-state index < -0.39 is 0 Å². The first kappa shape index (κ1) is 20.3. The molecule has 0 aliphatic carbocycles. The third kappa shape index (κ3) is 5.47. The fourth-order valence-electron chi connectivity index (χ4n) is 2.47. The van der Waals surface area contributed by atoms with Gasteiger partial charge in [0.05, 0.1) is 35.3 Å². The van der Waals surface area contributed by atoms with Gasteiger partial charge in [-0.2, -0.15) is 0 Å². The van der Waals surface area contributed by atoms with Crippen LogP contribution in [0.25, 0.3) is 0 Å². The minimum absolute atomic E-state index is 0.0351. The molecule has 0 amide bonds. The maximum absolute atomic E-state index is 11.2. The van der Waals surface area contributed by atoms with Crippen LogP contribution in [0.5, 0.6) is 0 Å². The monoisotopic (exact) mass is 374 g/mol. The first-order valence-corrected chi connectivity index (χ1v) is 9.53. The number of thiazole rings is 1. The average molecular weight is 375 g/mol. The number of esters is 1. The number of rotatable bonds is 8. The Morgan fingerprint density at radius 2 is 2.04 bits per heavy atom. The summed E-state index contributed by atoms with van der Waals surface area (Å²) in [5.41, 5.74) is 2.88. The molecule has 0 unspecified atom stereocenters. The van der Waals surface area contributed by atoms with Crippen molar-refractivity contribution < 1.29 is 14.3 Å². The number of aliphatic imine (C=N–C) groups is 1. The van der Waals surface area contributed by atoms with Crippen molar-refractivity contribution in [1.82, 2.24) is 4.98 Å². The molecule has 2 rings (SSSR count). The van der Waals surface area contributed by atoms with Crippen molar-refractivity contribution in [3.8, 4) is 0 Å². The number of ether oxygens (including phenoxy) is 2. The van der Waals surface area contributed by atoms with E-state index in [1.165, 1.54) is 13.2 Å². The van der Waals surface area contributed by atoms with Crippen LogP contribution in [0.2, 0.25) is 0 Å². The third-order valence-electron chi connectivity index (χ3n) is 4.06. The summed E-state index contributed by atoms with van der Waals surface area (Å²) >= 11 is 1.68. The highest BCUT2D eigenvalue weighted by molar-refractivity contribution is 7.09. The summed E-state index contributed by atoms with van der Waals surface area (Å²) in [7, 11) is 3.01. The number of hydrogen-bond donors (Lipinski definition) is 0. The van der Waals surface area contributed by atoms with Crippen LogP contribution in [0.3, 0.4) is 0 Å². The molecule has 1 aromatic rings. The number of allylic oxidation sites excluding steroid dienone is 2. The SMILES string of the molecule is COC(=O)/C=C\[C@H](C)[C@H](/C=C/C1=CCC(c2csc(C(C)C)n2)=N1)OC. The van der Waals surface area contributed by atoms with E-state index in [4.69, 9.17) is 4.74 Å². The van der Waals surface area contributed by atoms with Crippen LogP contribution >= 0.6 is 11.3 Å². The summed E-state index contributed by atoms with van der Waals surface area (Å²) in [4.78, 5) is 20.5. The highest BCUT2D eigenvalue weighted by atomic mass is 32.1. The van der Waals surface area contributed by atoms with Gasteiger partial charge < -0.3 is 9.47 Å². The summed E-state index contributed by atoms with van der Waals surface area (Å²) in [6.07, 6.45) is 9.85. The van der Waals surface area contributed by atoms with Gasteiger partial charge in [-0.1, -0.05) is 39.0 Å². The Bertz CT molecular complexity index is 744. The van der Waals surface area contributed by atoms with Gasteiger partial charge in [0.1, 0.15) is 0 Å². The molecule has 0 saturated carbocycles. The lowest BCUT2D eigenvalue weighted by molar-refractivity contribution is -0.134. The standard InChI is InChI=1S/C20H26N2O3S/c1-13(2)20-22-17(12-26-20)16-9-7-15(21-16)8-10-18(24-4)14(3)6-11-19(23)25-5/h6-8,10-14,18H,9H2,1-5H3/b10-8+,11-6-/t14-,18-/m0/s1. The Labute approximate surface area is 159 Å². The minimum atomic E-state index is -0.368. The van der Waals surface area contributed by atoms with Gasteiger partial charge in [0.15, 0.2) is 0 Å². The van der Waals surface area contributed by atoms with Gasteiger partial charge in [-0.25, -0.2) is 9.78 Å². The van der Waals surface area contributed by atoms with E-state index in [9.17, 15) is 4.79 Å². The van der Waals surface area contributed by atoms with Gasteiger partial charge in [-0.15, -0.1) is 11.3 Å². The second kappa shape index (κ2) is 9.59. The third-order valence-corrected chi connectivity index (χ3v) is 5.21. The quantitative estimate of drug-likeness (QED) is 0.503. The van der Waals surface area contributed by atoms with Gasteiger partial charge in [0.2, 0.25) is 0 Å². The largest absolute Gasteiger partial charge is 0.466 e. The lowest BCUT2D eigenvalue weighted by atomic mass is 10.0. The molecule has 0 N–H and O–H groups in total. The number of aromatic nitrogens is 1. The predicted octanol–water partition coefficient (Wildman–Crippen LogP) is 4.28. The number of hydrogen-bond acceptors (Lipinski definition) is 6. The second-order valence-corrected chi connectivity index (χ2v) is 7.31. The molecule has 26 heavy (non-hydrogen) atoms. The van der Waals surface area contributed by atoms with E-state index in [-0.39, 0.29) is 18.0 Å². The number of carbonyl (C=O) groups is 1. The molecule has 1 aromatic heterocycles. The minimum Gasteiger partial charge on any atom is -0.466 e. The lowest BCUT2D eigenvalue weighted by Gasteiger charge is -2.15. The summed E-state index contributed by atoms with van der Waals surface area (Å²) in [5, 5.41) is 3.21. The number of methoxy groups -OCH3 is 2. The van der Waals surface area contributed by atoms with Gasteiger partial charge in [0, 0.05) is 36.8 Å². The van der Waals surface area contributed by atoms with Crippen LogP contribution in [0.4, 0.5) is 0 Å². The van der Waals surface area contributed by atoms with Crippen LogP contribution in [0.15, 0.2) is 46.4 Å². The van der Waals surface area contributed by atoms with Gasteiger partial charge >= 0.3 is 5.97 Å². The lowest BCUT2D eigenvalue weighted by Crippen LogP contribution is -2.16. The van der Waals surface area contributed by atoms with Gasteiger partial charge in [-0.3, -0.25) is 4.99 Å². The molecule has 2 atom stereocenters. The first-order valence-electron chi connectivity index (χ1n) is 8.65. The molecule has 1 aliphatic rings. The molecule has 5 nitrogen and oxygen atoms in total. The Balaban J connectivity index is 2.01. The zero-order valence-electron chi connectivity index (χ0n) is 15.9. The number of nitrogens with zero attached hydrogens (tertiary/aromatic N) is 2. The molecule has 1 aliphatic heterocycles. The van der Waals surface area contributed by atoms with Crippen LogP contribution in [0, 0.1) is 5.92 Å². The maximum Gasteiger partial charge on any atom is 0.330 e. The molecule has 2 heterocycles.